The second kappa shape index (κ2) is 6.85. The number of aryl methyl sites for hydroxylation is 1. The quantitative estimate of drug-likeness (QED) is 0.654. The van der Waals surface area contributed by atoms with Gasteiger partial charge in [-0.1, -0.05) is 24.3 Å². The average Bonchev–Trinajstić information content (AvgIpc) is 3.02. The number of hydrogen-bond acceptors (Lipinski definition) is 4. The second-order valence-electron chi connectivity index (χ2n) is 5.69. The molecule has 0 fully saturated rings. The Balaban J connectivity index is 2.02. The van der Waals surface area contributed by atoms with Crippen LogP contribution in [-0.2, 0) is 6.18 Å². The number of nitrogens with zero attached hydrogens (tertiary/aromatic N) is 2. The van der Waals surface area contributed by atoms with Crippen molar-refractivity contribution in [3.8, 4) is 27.8 Å². The van der Waals surface area contributed by atoms with Gasteiger partial charge in [-0.05, 0) is 36.2 Å². The largest absolute Gasteiger partial charge is 0.477 e. The maximum absolute atomic E-state index is 12.7. The number of nitriles is 1. The van der Waals surface area contributed by atoms with Crippen LogP contribution in [0.25, 0.3) is 21.7 Å². The Labute approximate surface area is 156 Å². The zero-order valence-corrected chi connectivity index (χ0v) is 14.6. The highest BCUT2D eigenvalue weighted by molar-refractivity contribution is 7.17. The first-order valence-corrected chi connectivity index (χ1v) is 8.45. The highest BCUT2D eigenvalue weighted by Gasteiger charge is 2.30. The van der Waals surface area contributed by atoms with Gasteiger partial charge in [-0.25, -0.2) is 9.78 Å². The van der Waals surface area contributed by atoms with Crippen LogP contribution in [0.15, 0.2) is 42.5 Å². The maximum Gasteiger partial charge on any atom is 0.416 e. The highest BCUT2D eigenvalue weighted by Crippen LogP contribution is 2.34. The molecule has 0 aliphatic heterocycles. The summed E-state index contributed by atoms with van der Waals surface area (Å²) in [5.74, 6) is -1.07. The molecule has 0 atom stereocenters. The lowest BCUT2D eigenvalue weighted by molar-refractivity contribution is -0.137. The van der Waals surface area contributed by atoms with Crippen LogP contribution in [-0.4, -0.2) is 16.1 Å². The van der Waals surface area contributed by atoms with Gasteiger partial charge in [0.1, 0.15) is 9.88 Å². The number of thiazole rings is 1. The van der Waals surface area contributed by atoms with Gasteiger partial charge in [0.2, 0.25) is 0 Å². The molecule has 8 heteroatoms. The molecule has 27 heavy (non-hydrogen) atoms. The smallest absolute Gasteiger partial charge is 0.416 e. The molecule has 3 aromatic rings. The molecular weight excluding hydrogens is 377 g/mol. The summed E-state index contributed by atoms with van der Waals surface area (Å²) < 4.78 is 38.1. The molecule has 1 aromatic heterocycles. The first-order chi connectivity index (χ1) is 12.7. The first kappa shape index (κ1) is 18.6. The van der Waals surface area contributed by atoms with Crippen LogP contribution < -0.4 is 0 Å². The molecule has 1 N–H and O–H groups in total. The first-order valence-electron chi connectivity index (χ1n) is 7.63. The van der Waals surface area contributed by atoms with Crippen LogP contribution in [0.3, 0.4) is 0 Å². The SMILES string of the molecule is Cc1nc(-c2ccc(-c3ccc(C(F)(F)F)cc3)c(C#N)c2)sc1C(=O)O. The Morgan fingerprint density at radius 1 is 1.15 bits per heavy atom. The van der Waals surface area contributed by atoms with Crippen molar-refractivity contribution in [3.05, 3.63) is 64.2 Å². The van der Waals surface area contributed by atoms with E-state index >= 15 is 0 Å². The van der Waals surface area contributed by atoms with Crippen LogP contribution in [0.1, 0.15) is 26.5 Å². The summed E-state index contributed by atoms with van der Waals surface area (Å²) in [6, 6.07) is 11.4. The average molecular weight is 388 g/mol. The summed E-state index contributed by atoms with van der Waals surface area (Å²) in [6.07, 6.45) is -4.43. The predicted molar refractivity (Wildman–Crippen MR) is 94.4 cm³/mol. The van der Waals surface area contributed by atoms with E-state index in [1.54, 1.807) is 25.1 Å². The summed E-state index contributed by atoms with van der Waals surface area (Å²) in [5, 5.41) is 19.0. The standard InChI is InChI=1S/C19H11F3N2O2S/c1-10-16(18(25)26)27-17(24-10)12-4-7-15(13(8-12)9-23)11-2-5-14(6-3-11)19(20,21)22/h2-8H,1H3,(H,25,26). The number of hydrogen-bond donors (Lipinski definition) is 1. The molecule has 0 aliphatic rings. The Morgan fingerprint density at radius 3 is 2.30 bits per heavy atom. The van der Waals surface area contributed by atoms with Gasteiger partial charge in [-0.15, -0.1) is 11.3 Å². The minimum atomic E-state index is -4.43. The van der Waals surface area contributed by atoms with E-state index in [0.29, 0.717) is 27.4 Å². The highest BCUT2D eigenvalue weighted by atomic mass is 32.1. The Morgan fingerprint density at radius 2 is 1.78 bits per heavy atom. The fourth-order valence-corrected chi connectivity index (χ4v) is 3.48. The Kier molecular flexibility index (Phi) is 4.72. The van der Waals surface area contributed by atoms with Gasteiger partial charge in [0.05, 0.1) is 22.9 Å². The number of carbonyl (C=O) groups is 1. The van der Waals surface area contributed by atoms with Crippen LogP contribution in [0.5, 0.6) is 0 Å². The van der Waals surface area contributed by atoms with E-state index in [0.717, 1.165) is 23.5 Å². The molecule has 0 radical (unpaired) electrons. The molecule has 136 valence electrons. The number of benzene rings is 2. The van der Waals surface area contributed by atoms with Crippen LogP contribution in [0, 0.1) is 18.3 Å². The number of rotatable bonds is 3. The van der Waals surface area contributed by atoms with E-state index in [1.807, 2.05) is 6.07 Å². The van der Waals surface area contributed by atoms with Gasteiger partial charge in [0, 0.05) is 5.56 Å². The number of aromatic nitrogens is 1. The molecule has 3 rings (SSSR count). The van der Waals surface area contributed by atoms with Crippen molar-refractivity contribution in [2.45, 2.75) is 13.1 Å². The minimum absolute atomic E-state index is 0.121. The van der Waals surface area contributed by atoms with E-state index in [-0.39, 0.29) is 10.4 Å². The zero-order chi connectivity index (χ0) is 19.8. The number of carboxylic acid groups (broad SMARTS) is 1. The lowest BCUT2D eigenvalue weighted by Gasteiger charge is -2.09. The molecule has 4 nitrogen and oxygen atoms in total. The van der Waals surface area contributed by atoms with Gasteiger partial charge in [-0.3, -0.25) is 0 Å². The van der Waals surface area contributed by atoms with Crippen LogP contribution in [0.2, 0.25) is 0 Å². The minimum Gasteiger partial charge on any atom is -0.477 e. The van der Waals surface area contributed by atoms with Crippen molar-refractivity contribution < 1.29 is 23.1 Å². The van der Waals surface area contributed by atoms with E-state index < -0.39 is 17.7 Å². The zero-order valence-electron chi connectivity index (χ0n) is 13.8. The topological polar surface area (TPSA) is 74.0 Å². The molecule has 2 aromatic carbocycles. The molecule has 0 aliphatic carbocycles. The van der Waals surface area contributed by atoms with Crippen molar-refractivity contribution in [3.63, 3.8) is 0 Å². The van der Waals surface area contributed by atoms with Crippen molar-refractivity contribution in [1.82, 2.24) is 4.98 Å². The van der Waals surface area contributed by atoms with E-state index in [4.69, 9.17) is 5.11 Å². The van der Waals surface area contributed by atoms with E-state index in [2.05, 4.69) is 4.98 Å². The summed E-state index contributed by atoms with van der Waals surface area (Å²) in [6.45, 7) is 1.59. The van der Waals surface area contributed by atoms with Crippen LogP contribution >= 0.6 is 11.3 Å². The van der Waals surface area contributed by atoms with E-state index in [9.17, 15) is 23.2 Å². The van der Waals surface area contributed by atoms with Gasteiger partial charge >= 0.3 is 12.1 Å². The fourth-order valence-electron chi connectivity index (χ4n) is 2.58. The monoisotopic (exact) mass is 388 g/mol. The molecule has 0 saturated carbocycles. The maximum atomic E-state index is 12.7. The summed E-state index contributed by atoms with van der Waals surface area (Å²) >= 11 is 1.00. The molecular formula is C19H11F3N2O2S. The van der Waals surface area contributed by atoms with Gasteiger partial charge in [0.25, 0.3) is 0 Å². The fraction of sp³-hybridized carbons (Fsp3) is 0.105. The predicted octanol–water partition coefficient (Wildman–Crippen LogP) is 5.37. The third-order valence-electron chi connectivity index (χ3n) is 3.90. The molecule has 0 amide bonds. The normalized spacial score (nSPS) is 11.2. The van der Waals surface area contributed by atoms with Crippen molar-refractivity contribution in [2.75, 3.05) is 0 Å². The summed E-state index contributed by atoms with van der Waals surface area (Å²) in [4.78, 5) is 15.5. The molecule has 0 bridgehead atoms. The summed E-state index contributed by atoms with van der Waals surface area (Å²) in [5.41, 5.74) is 1.42. The third kappa shape index (κ3) is 3.68. The van der Waals surface area contributed by atoms with Crippen molar-refractivity contribution >= 4 is 17.3 Å². The number of aromatic carboxylic acids is 1. The Hall–Kier alpha value is -3.18. The van der Waals surface area contributed by atoms with Crippen molar-refractivity contribution in [2.24, 2.45) is 0 Å². The third-order valence-corrected chi connectivity index (χ3v) is 5.10. The van der Waals surface area contributed by atoms with Crippen LogP contribution in [0.4, 0.5) is 13.2 Å². The van der Waals surface area contributed by atoms with Crippen molar-refractivity contribution in [1.29, 1.82) is 5.26 Å². The van der Waals surface area contributed by atoms with Gasteiger partial charge in [0.15, 0.2) is 0 Å². The summed E-state index contributed by atoms with van der Waals surface area (Å²) in [7, 11) is 0. The number of carboxylic acids is 1. The number of halogens is 3. The molecule has 0 unspecified atom stereocenters. The number of alkyl halides is 3. The lowest BCUT2D eigenvalue weighted by Crippen LogP contribution is -2.04. The van der Waals surface area contributed by atoms with Gasteiger partial charge < -0.3 is 5.11 Å². The Bertz CT molecular complexity index is 1060. The second-order valence-corrected chi connectivity index (χ2v) is 6.69. The molecule has 0 spiro atoms. The molecule has 1 heterocycles. The lowest BCUT2D eigenvalue weighted by atomic mass is 9.97. The van der Waals surface area contributed by atoms with E-state index in [1.165, 1.54) is 12.1 Å². The van der Waals surface area contributed by atoms with Gasteiger partial charge in [-0.2, -0.15) is 18.4 Å². The molecule has 0 saturated heterocycles.